The molecule has 1 aliphatic rings. The number of carboxylic acid groups (broad SMARTS) is 1. The zero-order valence-corrected chi connectivity index (χ0v) is 9.14. The van der Waals surface area contributed by atoms with Gasteiger partial charge in [0.2, 0.25) is 0 Å². The Morgan fingerprint density at radius 1 is 1.62 bits per heavy atom. The fourth-order valence-corrected chi connectivity index (χ4v) is 1.71. The summed E-state index contributed by atoms with van der Waals surface area (Å²) in [6.45, 7) is 0.158. The van der Waals surface area contributed by atoms with Crippen LogP contribution in [0.25, 0.3) is 0 Å². The first kappa shape index (κ1) is 10.6. The van der Waals surface area contributed by atoms with Gasteiger partial charge < -0.3 is 19.5 Å². The van der Waals surface area contributed by atoms with Gasteiger partial charge in [0.25, 0.3) is 0 Å². The van der Waals surface area contributed by atoms with Crippen LogP contribution in [0.5, 0.6) is 11.5 Å². The predicted octanol–water partition coefficient (Wildman–Crippen LogP) is 0.977. The Labute approximate surface area is 93.2 Å². The van der Waals surface area contributed by atoms with Crippen LogP contribution in [0.15, 0.2) is 18.2 Å². The summed E-state index contributed by atoms with van der Waals surface area (Å²) in [5.41, 5.74) is 0.734. The van der Waals surface area contributed by atoms with Crippen molar-refractivity contribution in [3.05, 3.63) is 18.2 Å². The smallest absolute Gasteiger partial charge is 0.329 e. The SMILES string of the molecule is COc1ccc2c(c1)N(C)C(C(=O)O)CO2. The number of likely N-dealkylation sites (N-methyl/N-ethyl adjacent to an activating group) is 1. The van der Waals surface area contributed by atoms with Crippen LogP contribution in [-0.2, 0) is 4.79 Å². The van der Waals surface area contributed by atoms with E-state index in [0.717, 1.165) is 5.69 Å². The maximum Gasteiger partial charge on any atom is 0.329 e. The molecule has 0 radical (unpaired) electrons. The van der Waals surface area contributed by atoms with Crippen molar-refractivity contribution in [2.24, 2.45) is 0 Å². The van der Waals surface area contributed by atoms with Crippen LogP contribution in [-0.4, -0.2) is 37.9 Å². The lowest BCUT2D eigenvalue weighted by atomic mass is 10.1. The molecule has 1 aromatic rings. The molecule has 16 heavy (non-hydrogen) atoms. The minimum Gasteiger partial charge on any atom is -0.497 e. The molecule has 0 saturated heterocycles. The maximum atomic E-state index is 11.0. The number of benzene rings is 1. The Morgan fingerprint density at radius 3 is 3.00 bits per heavy atom. The van der Waals surface area contributed by atoms with Crippen molar-refractivity contribution in [2.75, 3.05) is 25.7 Å². The summed E-state index contributed by atoms with van der Waals surface area (Å²) in [5, 5.41) is 9.01. The first-order chi connectivity index (χ1) is 7.63. The standard InChI is InChI=1S/C11H13NO4/c1-12-8-5-7(15-2)3-4-10(8)16-6-9(12)11(13)14/h3-5,9H,6H2,1-2H3,(H,13,14). The van der Waals surface area contributed by atoms with Crippen LogP contribution < -0.4 is 14.4 Å². The molecule has 1 unspecified atom stereocenters. The number of nitrogens with zero attached hydrogens (tertiary/aromatic N) is 1. The Bertz CT molecular complexity index is 418. The van der Waals surface area contributed by atoms with E-state index in [4.69, 9.17) is 14.6 Å². The van der Waals surface area contributed by atoms with Gasteiger partial charge in [-0.05, 0) is 12.1 Å². The number of methoxy groups -OCH3 is 1. The van der Waals surface area contributed by atoms with E-state index < -0.39 is 12.0 Å². The van der Waals surface area contributed by atoms with Gasteiger partial charge in [0.05, 0.1) is 12.8 Å². The number of ether oxygens (including phenoxy) is 2. The number of hydrogen-bond donors (Lipinski definition) is 1. The van der Waals surface area contributed by atoms with E-state index in [9.17, 15) is 4.79 Å². The minimum absolute atomic E-state index is 0.158. The number of carboxylic acids is 1. The Morgan fingerprint density at radius 2 is 2.38 bits per heavy atom. The molecule has 2 rings (SSSR count). The van der Waals surface area contributed by atoms with E-state index in [-0.39, 0.29) is 6.61 Å². The monoisotopic (exact) mass is 223 g/mol. The number of rotatable bonds is 2. The molecule has 0 fully saturated rings. The molecular formula is C11H13NO4. The summed E-state index contributed by atoms with van der Waals surface area (Å²) in [5.74, 6) is 0.469. The highest BCUT2D eigenvalue weighted by molar-refractivity contribution is 5.80. The largest absolute Gasteiger partial charge is 0.497 e. The quantitative estimate of drug-likeness (QED) is 0.809. The average molecular weight is 223 g/mol. The summed E-state index contributed by atoms with van der Waals surface area (Å²) >= 11 is 0. The maximum absolute atomic E-state index is 11.0. The number of aliphatic carboxylic acids is 1. The van der Waals surface area contributed by atoms with Crippen LogP contribution in [0.4, 0.5) is 5.69 Å². The molecule has 0 aromatic heterocycles. The predicted molar refractivity (Wildman–Crippen MR) is 58.3 cm³/mol. The molecule has 1 atom stereocenters. The molecule has 0 aliphatic carbocycles. The highest BCUT2D eigenvalue weighted by Gasteiger charge is 2.30. The number of carbonyl (C=O) groups is 1. The fraction of sp³-hybridized carbons (Fsp3) is 0.364. The van der Waals surface area contributed by atoms with E-state index >= 15 is 0 Å². The number of fused-ring (bicyclic) bond motifs is 1. The van der Waals surface area contributed by atoms with Gasteiger partial charge in [-0.25, -0.2) is 4.79 Å². The van der Waals surface area contributed by atoms with Crippen molar-refractivity contribution >= 4 is 11.7 Å². The van der Waals surface area contributed by atoms with Crippen molar-refractivity contribution in [3.63, 3.8) is 0 Å². The third-order valence-electron chi connectivity index (χ3n) is 2.70. The zero-order chi connectivity index (χ0) is 11.7. The van der Waals surface area contributed by atoms with Crippen molar-refractivity contribution in [1.82, 2.24) is 0 Å². The lowest BCUT2D eigenvalue weighted by molar-refractivity contribution is -0.139. The van der Waals surface area contributed by atoms with Crippen LogP contribution in [0.1, 0.15) is 0 Å². The molecule has 5 nitrogen and oxygen atoms in total. The Kier molecular flexibility index (Phi) is 2.60. The Hall–Kier alpha value is -1.91. The summed E-state index contributed by atoms with van der Waals surface area (Å²) in [6, 6.07) is 4.68. The second kappa shape index (κ2) is 3.92. The van der Waals surface area contributed by atoms with Gasteiger partial charge in [-0.3, -0.25) is 0 Å². The lowest BCUT2D eigenvalue weighted by Crippen LogP contribution is -2.45. The van der Waals surface area contributed by atoms with E-state index in [1.807, 2.05) is 0 Å². The molecule has 0 bridgehead atoms. The number of hydrogen-bond acceptors (Lipinski definition) is 4. The molecule has 1 aromatic carbocycles. The van der Waals surface area contributed by atoms with Crippen LogP contribution in [0.2, 0.25) is 0 Å². The average Bonchev–Trinajstić information content (AvgIpc) is 2.28. The second-order valence-electron chi connectivity index (χ2n) is 3.61. The van der Waals surface area contributed by atoms with Gasteiger partial charge >= 0.3 is 5.97 Å². The summed E-state index contributed by atoms with van der Waals surface area (Å²) in [6.07, 6.45) is 0. The minimum atomic E-state index is -0.893. The molecule has 86 valence electrons. The normalized spacial score (nSPS) is 18.6. The van der Waals surface area contributed by atoms with Crippen LogP contribution >= 0.6 is 0 Å². The van der Waals surface area contributed by atoms with E-state index in [0.29, 0.717) is 11.5 Å². The van der Waals surface area contributed by atoms with Crippen LogP contribution in [0.3, 0.4) is 0 Å². The third kappa shape index (κ3) is 1.64. The van der Waals surface area contributed by atoms with Gasteiger partial charge in [-0.15, -0.1) is 0 Å². The van der Waals surface area contributed by atoms with Gasteiger partial charge in [-0.1, -0.05) is 0 Å². The molecule has 5 heteroatoms. The highest BCUT2D eigenvalue weighted by atomic mass is 16.5. The lowest BCUT2D eigenvalue weighted by Gasteiger charge is -2.33. The van der Waals surface area contributed by atoms with E-state index in [1.165, 1.54) is 0 Å². The van der Waals surface area contributed by atoms with Crippen molar-refractivity contribution in [2.45, 2.75) is 6.04 Å². The van der Waals surface area contributed by atoms with E-state index in [2.05, 4.69) is 0 Å². The zero-order valence-electron chi connectivity index (χ0n) is 9.14. The summed E-state index contributed by atoms with van der Waals surface area (Å²) in [7, 11) is 3.31. The molecule has 1 heterocycles. The van der Waals surface area contributed by atoms with Gasteiger partial charge in [-0.2, -0.15) is 0 Å². The first-order valence-electron chi connectivity index (χ1n) is 4.90. The molecule has 0 saturated carbocycles. The molecule has 1 N–H and O–H groups in total. The van der Waals surface area contributed by atoms with Gasteiger partial charge in [0, 0.05) is 13.1 Å². The fourth-order valence-electron chi connectivity index (χ4n) is 1.71. The van der Waals surface area contributed by atoms with Crippen LogP contribution in [0, 0.1) is 0 Å². The van der Waals surface area contributed by atoms with Crippen molar-refractivity contribution in [3.8, 4) is 11.5 Å². The van der Waals surface area contributed by atoms with Crippen molar-refractivity contribution in [1.29, 1.82) is 0 Å². The molecular weight excluding hydrogens is 210 g/mol. The van der Waals surface area contributed by atoms with Crippen molar-refractivity contribution < 1.29 is 19.4 Å². The molecule has 1 aliphatic heterocycles. The van der Waals surface area contributed by atoms with Gasteiger partial charge in [0.1, 0.15) is 18.1 Å². The highest BCUT2D eigenvalue weighted by Crippen LogP contribution is 2.35. The summed E-state index contributed by atoms with van der Waals surface area (Å²) in [4.78, 5) is 12.7. The first-order valence-corrected chi connectivity index (χ1v) is 4.90. The topological polar surface area (TPSA) is 59.0 Å². The molecule has 0 spiro atoms. The third-order valence-corrected chi connectivity index (χ3v) is 2.70. The van der Waals surface area contributed by atoms with Gasteiger partial charge in [0.15, 0.2) is 6.04 Å². The molecule has 0 amide bonds. The Balaban J connectivity index is 2.38. The van der Waals surface area contributed by atoms with E-state index in [1.54, 1.807) is 37.3 Å². The summed E-state index contributed by atoms with van der Waals surface area (Å²) < 4.78 is 10.5. The number of anilines is 1. The second-order valence-corrected chi connectivity index (χ2v) is 3.61.